The molecular formula is C22H27N5O2. The van der Waals surface area contributed by atoms with Gasteiger partial charge in [-0.25, -0.2) is 9.97 Å². The largest absolute Gasteiger partial charge is 0.486 e. The summed E-state index contributed by atoms with van der Waals surface area (Å²) < 4.78 is 11.3. The first kappa shape index (κ1) is 17.2. The van der Waals surface area contributed by atoms with E-state index in [1.165, 1.54) is 38.5 Å². The smallest absolute Gasteiger partial charge is 0.163 e. The second-order valence-corrected chi connectivity index (χ2v) is 9.29. The molecule has 2 aromatic rings. The van der Waals surface area contributed by atoms with Gasteiger partial charge in [-0.05, 0) is 68.4 Å². The Hall–Kier alpha value is -2.70. The molecule has 4 N–H and O–H groups in total. The van der Waals surface area contributed by atoms with E-state index in [-0.39, 0.29) is 5.54 Å². The molecule has 1 aromatic heterocycles. The van der Waals surface area contributed by atoms with Gasteiger partial charge < -0.3 is 25.8 Å². The molecule has 29 heavy (non-hydrogen) atoms. The molecule has 152 valence electrons. The summed E-state index contributed by atoms with van der Waals surface area (Å²) in [4.78, 5) is 8.88. The highest BCUT2D eigenvalue weighted by atomic mass is 16.6. The van der Waals surface area contributed by atoms with Crippen LogP contribution in [0.5, 0.6) is 11.5 Å². The van der Waals surface area contributed by atoms with Gasteiger partial charge in [0.25, 0.3) is 0 Å². The molecule has 7 heteroatoms. The highest BCUT2D eigenvalue weighted by Gasteiger charge is 2.51. The van der Waals surface area contributed by atoms with E-state index in [0.29, 0.717) is 24.7 Å². The van der Waals surface area contributed by atoms with Gasteiger partial charge in [-0.3, -0.25) is 0 Å². The van der Waals surface area contributed by atoms with E-state index < -0.39 is 0 Å². The molecule has 4 aliphatic carbocycles. The van der Waals surface area contributed by atoms with Crippen LogP contribution in [0.3, 0.4) is 0 Å². The van der Waals surface area contributed by atoms with Crippen molar-refractivity contribution in [2.75, 3.05) is 29.6 Å². The highest BCUT2D eigenvalue weighted by molar-refractivity contribution is 5.78. The quantitative estimate of drug-likeness (QED) is 0.724. The number of anilines is 4. The standard InChI is InChI=1S/C22H27N5O2/c23-19-20(26-16-1-2-17-18(8-16)29-4-3-28-17)24-12-25-21(19)27-22-9-13-5-14(10-22)7-15(6-13)11-22/h1-2,8,12-15H,3-7,9-11,23H2,(H2,24,25,26,27). The third kappa shape index (κ3) is 3.03. The number of nitrogens with two attached hydrogens (primary N) is 1. The zero-order valence-electron chi connectivity index (χ0n) is 16.5. The van der Waals surface area contributed by atoms with E-state index in [1.807, 2.05) is 18.2 Å². The van der Waals surface area contributed by atoms with Crippen LogP contribution in [-0.4, -0.2) is 28.7 Å². The Morgan fingerprint density at radius 2 is 1.55 bits per heavy atom. The van der Waals surface area contributed by atoms with Crippen LogP contribution in [0.15, 0.2) is 24.5 Å². The number of rotatable bonds is 4. The maximum Gasteiger partial charge on any atom is 0.163 e. The average Bonchev–Trinajstić information content (AvgIpc) is 2.70. The molecule has 0 radical (unpaired) electrons. The van der Waals surface area contributed by atoms with E-state index in [2.05, 4.69) is 20.6 Å². The molecule has 0 saturated heterocycles. The van der Waals surface area contributed by atoms with Crippen LogP contribution < -0.4 is 25.8 Å². The third-order valence-electron chi connectivity index (χ3n) is 7.11. The molecule has 0 amide bonds. The first-order valence-electron chi connectivity index (χ1n) is 10.7. The van der Waals surface area contributed by atoms with Crippen molar-refractivity contribution in [2.24, 2.45) is 17.8 Å². The van der Waals surface area contributed by atoms with E-state index in [9.17, 15) is 0 Å². The molecule has 5 aliphatic rings. The molecule has 1 aliphatic heterocycles. The summed E-state index contributed by atoms with van der Waals surface area (Å²) in [5, 5.41) is 7.09. The molecular weight excluding hydrogens is 366 g/mol. The van der Waals surface area contributed by atoms with Gasteiger partial charge in [0.1, 0.15) is 25.2 Å². The van der Waals surface area contributed by atoms with Crippen molar-refractivity contribution in [3.63, 3.8) is 0 Å². The fraction of sp³-hybridized carbons (Fsp3) is 0.545. The van der Waals surface area contributed by atoms with Crippen molar-refractivity contribution in [3.05, 3.63) is 24.5 Å². The second kappa shape index (κ2) is 6.40. The van der Waals surface area contributed by atoms with Crippen LogP contribution in [0.1, 0.15) is 38.5 Å². The Balaban J connectivity index is 1.25. The second-order valence-electron chi connectivity index (χ2n) is 9.29. The van der Waals surface area contributed by atoms with E-state index >= 15 is 0 Å². The molecule has 4 saturated carbocycles. The molecule has 7 nitrogen and oxygen atoms in total. The van der Waals surface area contributed by atoms with Crippen molar-refractivity contribution < 1.29 is 9.47 Å². The predicted octanol–water partition coefficient (Wildman–Crippen LogP) is 3.95. The topological polar surface area (TPSA) is 94.3 Å². The zero-order valence-corrected chi connectivity index (χ0v) is 16.5. The molecule has 2 heterocycles. The number of fused-ring (bicyclic) bond motifs is 1. The minimum Gasteiger partial charge on any atom is -0.486 e. The van der Waals surface area contributed by atoms with Gasteiger partial charge in [0.2, 0.25) is 0 Å². The molecule has 1 aromatic carbocycles. The maximum atomic E-state index is 6.49. The van der Waals surface area contributed by atoms with Gasteiger partial charge in [-0.15, -0.1) is 0 Å². The summed E-state index contributed by atoms with van der Waals surface area (Å²) in [6.45, 7) is 1.14. The first-order chi connectivity index (χ1) is 14.2. The summed E-state index contributed by atoms with van der Waals surface area (Å²) in [6.07, 6.45) is 9.55. The molecule has 4 fully saturated rings. The van der Waals surface area contributed by atoms with Gasteiger partial charge in [0.15, 0.2) is 23.1 Å². The van der Waals surface area contributed by atoms with E-state index in [4.69, 9.17) is 15.2 Å². The summed E-state index contributed by atoms with van der Waals surface area (Å²) >= 11 is 0. The van der Waals surface area contributed by atoms with Gasteiger partial charge >= 0.3 is 0 Å². The monoisotopic (exact) mass is 393 g/mol. The molecule has 0 spiro atoms. The minimum atomic E-state index is 0.158. The lowest BCUT2D eigenvalue weighted by molar-refractivity contribution is 0.0106. The highest BCUT2D eigenvalue weighted by Crippen LogP contribution is 2.56. The Bertz CT molecular complexity index is 912. The lowest BCUT2D eigenvalue weighted by Gasteiger charge is -2.57. The fourth-order valence-electron chi connectivity index (χ4n) is 6.37. The van der Waals surface area contributed by atoms with Gasteiger partial charge in [-0.2, -0.15) is 0 Å². The Kier molecular flexibility index (Phi) is 3.79. The van der Waals surface area contributed by atoms with Crippen LogP contribution in [0.25, 0.3) is 0 Å². The van der Waals surface area contributed by atoms with Gasteiger partial charge in [-0.1, -0.05) is 0 Å². The molecule has 0 atom stereocenters. The van der Waals surface area contributed by atoms with Crippen LogP contribution in [0.4, 0.5) is 23.0 Å². The Morgan fingerprint density at radius 1 is 0.897 bits per heavy atom. The average molecular weight is 393 g/mol. The summed E-state index contributed by atoms with van der Waals surface area (Å²) in [5.74, 6) is 5.47. The number of benzene rings is 1. The third-order valence-corrected chi connectivity index (χ3v) is 7.11. The number of hydrogen-bond acceptors (Lipinski definition) is 7. The van der Waals surface area contributed by atoms with Crippen LogP contribution >= 0.6 is 0 Å². The fourth-order valence-corrected chi connectivity index (χ4v) is 6.37. The summed E-state index contributed by atoms with van der Waals surface area (Å²) in [6, 6.07) is 5.77. The Morgan fingerprint density at radius 3 is 2.28 bits per heavy atom. The lowest BCUT2D eigenvalue weighted by atomic mass is 9.53. The number of hydrogen-bond donors (Lipinski definition) is 3. The van der Waals surface area contributed by atoms with Gasteiger partial charge in [0, 0.05) is 17.3 Å². The minimum absolute atomic E-state index is 0.158. The predicted molar refractivity (Wildman–Crippen MR) is 112 cm³/mol. The van der Waals surface area contributed by atoms with Crippen LogP contribution in [0.2, 0.25) is 0 Å². The number of nitrogens with zero attached hydrogens (tertiary/aromatic N) is 2. The first-order valence-corrected chi connectivity index (χ1v) is 10.7. The van der Waals surface area contributed by atoms with E-state index in [1.54, 1.807) is 6.33 Å². The van der Waals surface area contributed by atoms with Crippen LogP contribution in [-0.2, 0) is 0 Å². The number of nitrogen functional groups attached to an aromatic ring is 1. The van der Waals surface area contributed by atoms with Crippen molar-refractivity contribution in [1.29, 1.82) is 0 Å². The molecule has 0 unspecified atom stereocenters. The zero-order chi connectivity index (χ0) is 19.4. The number of ether oxygens (including phenoxy) is 2. The van der Waals surface area contributed by atoms with Crippen molar-refractivity contribution in [1.82, 2.24) is 9.97 Å². The Labute approximate surface area is 170 Å². The maximum absolute atomic E-state index is 6.49. The number of aromatic nitrogens is 2. The van der Waals surface area contributed by atoms with Crippen molar-refractivity contribution in [2.45, 2.75) is 44.1 Å². The number of nitrogens with one attached hydrogen (secondary N) is 2. The normalized spacial score (nSPS) is 31.5. The molecule has 7 rings (SSSR count). The SMILES string of the molecule is Nc1c(Nc2ccc3c(c2)OCCO3)ncnc1NC12CC3CC(CC(C3)C1)C2. The van der Waals surface area contributed by atoms with Crippen molar-refractivity contribution >= 4 is 23.0 Å². The summed E-state index contributed by atoms with van der Waals surface area (Å²) in [5.41, 5.74) is 8.08. The van der Waals surface area contributed by atoms with E-state index in [0.717, 1.165) is 40.8 Å². The van der Waals surface area contributed by atoms with Gasteiger partial charge in [0.05, 0.1) is 0 Å². The van der Waals surface area contributed by atoms with Crippen molar-refractivity contribution in [3.8, 4) is 11.5 Å². The molecule has 4 bridgehead atoms. The summed E-state index contributed by atoms with van der Waals surface area (Å²) in [7, 11) is 0. The lowest BCUT2D eigenvalue weighted by Crippen LogP contribution is -2.55. The van der Waals surface area contributed by atoms with Crippen LogP contribution in [0, 0.1) is 17.8 Å².